The fourth-order valence-electron chi connectivity index (χ4n) is 2.76. The van der Waals surface area contributed by atoms with E-state index in [4.69, 9.17) is 4.52 Å². The number of nitrogens with zero attached hydrogens (tertiary/aromatic N) is 3. The van der Waals surface area contributed by atoms with Crippen molar-refractivity contribution in [3.05, 3.63) is 36.2 Å². The van der Waals surface area contributed by atoms with Gasteiger partial charge in [-0.05, 0) is 26.2 Å². The van der Waals surface area contributed by atoms with Gasteiger partial charge in [0, 0.05) is 18.7 Å². The van der Waals surface area contributed by atoms with E-state index in [2.05, 4.69) is 15.5 Å². The highest BCUT2D eigenvalue weighted by Gasteiger charge is 2.32. The number of rotatable bonds is 3. The van der Waals surface area contributed by atoms with Crippen molar-refractivity contribution >= 4 is 6.03 Å². The number of hydrogen-bond donors (Lipinski definition) is 1. The first-order valence-electron chi connectivity index (χ1n) is 7.73. The van der Waals surface area contributed by atoms with Crippen LogP contribution in [0.25, 0.3) is 11.4 Å². The van der Waals surface area contributed by atoms with Crippen LogP contribution in [0, 0.1) is 0 Å². The first-order valence-corrected chi connectivity index (χ1v) is 7.73. The van der Waals surface area contributed by atoms with Gasteiger partial charge in [0.15, 0.2) is 0 Å². The second-order valence-corrected chi connectivity index (χ2v) is 5.36. The Labute approximate surface area is 129 Å². The molecule has 1 N–H and O–H groups in total. The summed E-state index contributed by atoms with van der Waals surface area (Å²) in [5.74, 6) is 1.09. The van der Waals surface area contributed by atoms with Gasteiger partial charge < -0.3 is 14.7 Å². The zero-order valence-corrected chi connectivity index (χ0v) is 12.7. The summed E-state index contributed by atoms with van der Waals surface area (Å²) >= 11 is 0. The minimum absolute atomic E-state index is 0.0633. The molecule has 22 heavy (non-hydrogen) atoms. The molecule has 1 aliphatic rings. The molecular formula is C16H20N4O2. The van der Waals surface area contributed by atoms with E-state index in [0.717, 1.165) is 31.4 Å². The van der Waals surface area contributed by atoms with Gasteiger partial charge in [0.25, 0.3) is 0 Å². The van der Waals surface area contributed by atoms with E-state index in [0.29, 0.717) is 18.3 Å². The third-order valence-corrected chi connectivity index (χ3v) is 3.85. The van der Waals surface area contributed by atoms with Crippen LogP contribution in [0.4, 0.5) is 4.79 Å². The Bertz CT molecular complexity index is 626. The summed E-state index contributed by atoms with van der Waals surface area (Å²) in [6.45, 7) is 3.25. The van der Waals surface area contributed by atoms with Crippen molar-refractivity contribution in [2.45, 2.75) is 32.2 Å². The maximum Gasteiger partial charge on any atom is 0.318 e. The van der Waals surface area contributed by atoms with Crippen molar-refractivity contribution in [1.29, 1.82) is 0 Å². The number of amides is 2. The summed E-state index contributed by atoms with van der Waals surface area (Å²) < 4.78 is 5.43. The summed E-state index contributed by atoms with van der Waals surface area (Å²) in [4.78, 5) is 18.5. The number of likely N-dealkylation sites (tertiary alicyclic amines) is 1. The van der Waals surface area contributed by atoms with Crippen molar-refractivity contribution in [3.63, 3.8) is 0 Å². The normalized spacial score (nSPS) is 18.2. The van der Waals surface area contributed by atoms with E-state index in [1.165, 1.54) is 0 Å². The zero-order valence-electron chi connectivity index (χ0n) is 12.7. The average Bonchev–Trinajstić information content (AvgIpc) is 3.06. The van der Waals surface area contributed by atoms with E-state index < -0.39 is 0 Å². The molecule has 6 heteroatoms. The molecule has 1 unspecified atom stereocenters. The van der Waals surface area contributed by atoms with Gasteiger partial charge in [-0.1, -0.05) is 35.5 Å². The fourth-order valence-corrected chi connectivity index (χ4v) is 2.76. The smallest absolute Gasteiger partial charge is 0.318 e. The van der Waals surface area contributed by atoms with E-state index in [1.54, 1.807) is 4.90 Å². The van der Waals surface area contributed by atoms with Gasteiger partial charge >= 0.3 is 6.03 Å². The first-order chi connectivity index (χ1) is 10.8. The van der Waals surface area contributed by atoms with Crippen molar-refractivity contribution in [2.24, 2.45) is 0 Å². The average molecular weight is 300 g/mol. The third kappa shape index (κ3) is 2.95. The maximum atomic E-state index is 12.2. The number of benzene rings is 1. The summed E-state index contributed by atoms with van der Waals surface area (Å²) in [6.07, 6.45) is 2.92. The molecule has 1 fully saturated rings. The summed E-state index contributed by atoms with van der Waals surface area (Å²) in [6, 6.07) is 9.51. The van der Waals surface area contributed by atoms with Crippen LogP contribution in [0.5, 0.6) is 0 Å². The fraction of sp³-hybridized carbons (Fsp3) is 0.438. The molecule has 116 valence electrons. The zero-order chi connectivity index (χ0) is 15.4. The molecule has 0 bridgehead atoms. The Morgan fingerprint density at radius 3 is 2.95 bits per heavy atom. The minimum atomic E-state index is -0.134. The molecule has 3 rings (SSSR count). The molecule has 0 aliphatic carbocycles. The molecule has 2 aromatic rings. The lowest BCUT2D eigenvalue weighted by Gasteiger charge is -2.33. The summed E-state index contributed by atoms with van der Waals surface area (Å²) in [5, 5.41) is 6.91. The third-order valence-electron chi connectivity index (χ3n) is 3.85. The molecule has 2 heterocycles. The molecule has 6 nitrogen and oxygen atoms in total. The van der Waals surface area contributed by atoms with E-state index in [1.807, 2.05) is 37.3 Å². The van der Waals surface area contributed by atoms with E-state index in [-0.39, 0.29) is 12.1 Å². The second-order valence-electron chi connectivity index (χ2n) is 5.36. The Morgan fingerprint density at radius 2 is 2.18 bits per heavy atom. The number of carbonyl (C=O) groups excluding carboxylic acids is 1. The molecule has 1 aromatic heterocycles. The van der Waals surface area contributed by atoms with E-state index >= 15 is 0 Å². The highest BCUT2D eigenvalue weighted by Crippen LogP contribution is 2.31. The second kappa shape index (κ2) is 6.60. The van der Waals surface area contributed by atoms with Crippen molar-refractivity contribution in [2.75, 3.05) is 13.1 Å². The van der Waals surface area contributed by atoms with E-state index in [9.17, 15) is 4.79 Å². The SMILES string of the molecule is CCNC(=O)N1CCCCC1c1nc(-c2ccccc2)no1. The monoisotopic (exact) mass is 300 g/mol. The van der Waals surface area contributed by atoms with Gasteiger partial charge in [0.1, 0.15) is 6.04 Å². The van der Waals surface area contributed by atoms with Crippen LogP contribution in [0.1, 0.15) is 38.1 Å². The van der Waals surface area contributed by atoms with Gasteiger partial charge in [-0.15, -0.1) is 0 Å². The van der Waals surface area contributed by atoms with Gasteiger partial charge in [0.2, 0.25) is 11.7 Å². The predicted molar refractivity (Wildman–Crippen MR) is 82.1 cm³/mol. The number of hydrogen-bond acceptors (Lipinski definition) is 4. The van der Waals surface area contributed by atoms with Crippen LogP contribution in [0.15, 0.2) is 34.9 Å². The number of nitrogens with one attached hydrogen (secondary N) is 1. The standard InChI is InChI=1S/C16H20N4O2/c1-2-17-16(21)20-11-7-6-10-13(20)15-18-14(19-22-15)12-8-4-3-5-9-12/h3-5,8-9,13H,2,6-7,10-11H2,1H3,(H,17,21). The molecular weight excluding hydrogens is 280 g/mol. The van der Waals surface area contributed by atoms with Gasteiger partial charge in [-0.25, -0.2) is 4.79 Å². The Kier molecular flexibility index (Phi) is 4.37. The highest BCUT2D eigenvalue weighted by molar-refractivity contribution is 5.74. The topological polar surface area (TPSA) is 71.3 Å². The molecule has 1 aliphatic heterocycles. The van der Waals surface area contributed by atoms with Crippen LogP contribution >= 0.6 is 0 Å². The molecule has 1 atom stereocenters. The van der Waals surface area contributed by atoms with Gasteiger partial charge in [-0.3, -0.25) is 0 Å². The predicted octanol–water partition coefficient (Wildman–Crippen LogP) is 2.99. The number of piperidine rings is 1. The summed E-state index contributed by atoms with van der Waals surface area (Å²) in [7, 11) is 0. The Balaban J connectivity index is 1.82. The summed E-state index contributed by atoms with van der Waals surface area (Å²) in [5.41, 5.74) is 0.915. The van der Waals surface area contributed by atoms with Crippen molar-refractivity contribution in [1.82, 2.24) is 20.4 Å². The van der Waals surface area contributed by atoms with Gasteiger partial charge in [0.05, 0.1) is 0 Å². The largest absolute Gasteiger partial charge is 0.338 e. The lowest BCUT2D eigenvalue weighted by atomic mass is 10.0. The lowest BCUT2D eigenvalue weighted by molar-refractivity contribution is 0.132. The quantitative estimate of drug-likeness (QED) is 0.946. The van der Waals surface area contributed by atoms with Crippen LogP contribution in [0.2, 0.25) is 0 Å². The molecule has 1 saturated heterocycles. The number of aromatic nitrogens is 2. The molecule has 1 aromatic carbocycles. The number of urea groups is 1. The molecule has 0 radical (unpaired) electrons. The highest BCUT2D eigenvalue weighted by atomic mass is 16.5. The van der Waals surface area contributed by atoms with Crippen molar-refractivity contribution < 1.29 is 9.32 Å². The maximum absolute atomic E-state index is 12.2. The van der Waals surface area contributed by atoms with Crippen LogP contribution < -0.4 is 5.32 Å². The molecule has 0 spiro atoms. The Morgan fingerprint density at radius 1 is 1.36 bits per heavy atom. The van der Waals surface area contributed by atoms with Crippen LogP contribution in [-0.2, 0) is 0 Å². The number of carbonyl (C=O) groups is 1. The van der Waals surface area contributed by atoms with Crippen LogP contribution in [-0.4, -0.2) is 34.2 Å². The van der Waals surface area contributed by atoms with Crippen molar-refractivity contribution in [3.8, 4) is 11.4 Å². The first kappa shape index (κ1) is 14.6. The lowest BCUT2D eigenvalue weighted by Crippen LogP contribution is -2.44. The van der Waals surface area contributed by atoms with Crippen LogP contribution in [0.3, 0.4) is 0 Å². The van der Waals surface area contributed by atoms with Gasteiger partial charge in [-0.2, -0.15) is 4.98 Å². The molecule has 2 amide bonds. The Hall–Kier alpha value is -2.37. The molecule has 0 saturated carbocycles. The minimum Gasteiger partial charge on any atom is -0.338 e.